The van der Waals surface area contributed by atoms with Crippen LogP contribution in [0.4, 0.5) is 11.4 Å². The number of methoxy groups -OCH3 is 1. The Bertz CT molecular complexity index is 611. The average molecular weight is 257 g/mol. The van der Waals surface area contributed by atoms with Crippen LogP contribution in [0.3, 0.4) is 0 Å². The van der Waals surface area contributed by atoms with Crippen LogP contribution in [0.15, 0.2) is 36.7 Å². The summed E-state index contributed by atoms with van der Waals surface area (Å²) in [6.07, 6.45) is 3.22. The Morgan fingerprint density at radius 1 is 1.32 bits per heavy atom. The van der Waals surface area contributed by atoms with Crippen LogP contribution in [0.5, 0.6) is 5.75 Å². The Hall–Kier alpha value is -2.56. The van der Waals surface area contributed by atoms with Gasteiger partial charge in [-0.15, -0.1) is 0 Å². The topological polar surface area (TPSA) is 77.2 Å². The molecule has 0 saturated heterocycles. The lowest BCUT2D eigenvalue weighted by molar-refractivity contribution is 0.102. The van der Waals surface area contributed by atoms with Gasteiger partial charge < -0.3 is 15.8 Å². The Morgan fingerprint density at radius 3 is 2.79 bits per heavy atom. The summed E-state index contributed by atoms with van der Waals surface area (Å²) in [5, 5.41) is 2.77. The molecule has 0 radical (unpaired) electrons. The van der Waals surface area contributed by atoms with Gasteiger partial charge >= 0.3 is 0 Å². The van der Waals surface area contributed by atoms with Crippen LogP contribution in [0.25, 0.3) is 0 Å². The normalized spacial score (nSPS) is 10.0. The molecule has 2 aromatic rings. The number of ether oxygens (including phenoxy) is 1. The van der Waals surface area contributed by atoms with Gasteiger partial charge in [0.1, 0.15) is 5.75 Å². The molecule has 0 aliphatic carbocycles. The van der Waals surface area contributed by atoms with Crippen molar-refractivity contribution in [3.63, 3.8) is 0 Å². The molecule has 0 aliphatic heterocycles. The first kappa shape index (κ1) is 12.9. The summed E-state index contributed by atoms with van der Waals surface area (Å²) < 4.78 is 5.10. The third-order valence-corrected chi connectivity index (χ3v) is 2.63. The van der Waals surface area contributed by atoms with Gasteiger partial charge in [0.25, 0.3) is 5.91 Å². The lowest BCUT2D eigenvalue weighted by Crippen LogP contribution is -2.12. The minimum Gasteiger partial charge on any atom is -0.495 e. The molecule has 2 rings (SSSR count). The minimum absolute atomic E-state index is 0.219. The van der Waals surface area contributed by atoms with E-state index < -0.39 is 0 Å². The second-order valence-electron chi connectivity index (χ2n) is 4.16. The summed E-state index contributed by atoms with van der Waals surface area (Å²) in [7, 11) is 1.53. The summed E-state index contributed by atoms with van der Waals surface area (Å²) in [5.41, 5.74) is 8.31. The van der Waals surface area contributed by atoms with Gasteiger partial charge in [-0.3, -0.25) is 9.78 Å². The quantitative estimate of drug-likeness (QED) is 0.827. The minimum atomic E-state index is -0.219. The maximum atomic E-state index is 12.0. The third kappa shape index (κ3) is 3.01. The monoisotopic (exact) mass is 257 g/mol. The number of nitrogen functional groups attached to an aromatic ring is 1. The SMILES string of the molecule is COc1cc(NC(=O)c2cncc(C)c2)ccc1N. The zero-order valence-corrected chi connectivity index (χ0v) is 10.8. The van der Waals surface area contributed by atoms with E-state index in [1.54, 1.807) is 30.5 Å². The molecule has 1 heterocycles. The first-order chi connectivity index (χ1) is 9.10. The van der Waals surface area contributed by atoms with Crippen molar-refractivity contribution in [2.45, 2.75) is 6.92 Å². The van der Waals surface area contributed by atoms with Gasteiger partial charge in [-0.1, -0.05) is 0 Å². The molecule has 19 heavy (non-hydrogen) atoms. The number of nitrogens with one attached hydrogen (secondary N) is 1. The lowest BCUT2D eigenvalue weighted by atomic mass is 10.2. The van der Waals surface area contributed by atoms with Gasteiger partial charge in [0.05, 0.1) is 18.4 Å². The Balaban J connectivity index is 2.19. The number of nitrogens with two attached hydrogens (primary N) is 1. The Labute approximate surface area is 111 Å². The van der Waals surface area contributed by atoms with Crippen LogP contribution in [0, 0.1) is 6.92 Å². The molecule has 1 aromatic heterocycles. The fourth-order valence-electron chi connectivity index (χ4n) is 1.67. The summed E-state index contributed by atoms with van der Waals surface area (Å²) in [5.74, 6) is 0.309. The molecule has 0 aliphatic rings. The largest absolute Gasteiger partial charge is 0.495 e. The summed E-state index contributed by atoms with van der Waals surface area (Å²) in [6, 6.07) is 6.86. The van der Waals surface area contributed by atoms with Gasteiger partial charge in [0.15, 0.2) is 0 Å². The maximum absolute atomic E-state index is 12.0. The van der Waals surface area contributed by atoms with Gasteiger partial charge in [0, 0.05) is 24.1 Å². The smallest absolute Gasteiger partial charge is 0.257 e. The van der Waals surface area contributed by atoms with Crippen molar-refractivity contribution in [1.29, 1.82) is 0 Å². The van der Waals surface area contributed by atoms with Crippen LogP contribution >= 0.6 is 0 Å². The highest BCUT2D eigenvalue weighted by atomic mass is 16.5. The van der Waals surface area contributed by atoms with Crippen molar-refractivity contribution >= 4 is 17.3 Å². The van der Waals surface area contributed by atoms with Crippen molar-refractivity contribution in [1.82, 2.24) is 4.98 Å². The number of aromatic nitrogens is 1. The van der Waals surface area contributed by atoms with E-state index in [2.05, 4.69) is 10.3 Å². The van der Waals surface area contributed by atoms with E-state index in [1.807, 2.05) is 6.92 Å². The number of benzene rings is 1. The van der Waals surface area contributed by atoms with Gasteiger partial charge in [0.2, 0.25) is 0 Å². The molecule has 5 nitrogen and oxygen atoms in total. The number of nitrogens with zero attached hydrogens (tertiary/aromatic N) is 1. The Kier molecular flexibility index (Phi) is 3.66. The summed E-state index contributed by atoms with van der Waals surface area (Å²) >= 11 is 0. The summed E-state index contributed by atoms with van der Waals surface area (Å²) in [4.78, 5) is 16.0. The molecule has 5 heteroatoms. The zero-order chi connectivity index (χ0) is 13.8. The number of hydrogen-bond acceptors (Lipinski definition) is 4. The molecule has 1 amide bonds. The molecule has 0 atom stereocenters. The molecular formula is C14H15N3O2. The van der Waals surface area contributed by atoms with E-state index in [0.29, 0.717) is 22.7 Å². The third-order valence-electron chi connectivity index (χ3n) is 2.63. The van der Waals surface area contributed by atoms with E-state index in [-0.39, 0.29) is 5.91 Å². The fourth-order valence-corrected chi connectivity index (χ4v) is 1.67. The molecule has 98 valence electrons. The van der Waals surface area contributed by atoms with E-state index >= 15 is 0 Å². The molecule has 0 fully saturated rings. The van der Waals surface area contributed by atoms with Crippen LogP contribution in [-0.4, -0.2) is 18.0 Å². The lowest BCUT2D eigenvalue weighted by Gasteiger charge is -2.09. The van der Waals surface area contributed by atoms with Crippen molar-refractivity contribution in [3.05, 3.63) is 47.8 Å². The highest BCUT2D eigenvalue weighted by molar-refractivity contribution is 6.04. The van der Waals surface area contributed by atoms with Crippen molar-refractivity contribution < 1.29 is 9.53 Å². The molecule has 0 unspecified atom stereocenters. The number of carbonyl (C=O) groups excluding carboxylic acids is 1. The van der Waals surface area contributed by atoms with E-state index in [1.165, 1.54) is 13.3 Å². The first-order valence-corrected chi connectivity index (χ1v) is 5.76. The van der Waals surface area contributed by atoms with E-state index in [0.717, 1.165) is 5.56 Å². The highest BCUT2D eigenvalue weighted by Crippen LogP contribution is 2.25. The van der Waals surface area contributed by atoms with E-state index in [4.69, 9.17) is 10.5 Å². The second kappa shape index (κ2) is 5.39. The highest BCUT2D eigenvalue weighted by Gasteiger charge is 2.08. The van der Waals surface area contributed by atoms with Crippen LogP contribution < -0.4 is 15.8 Å². The Morgan fingerprint density at radius 2 is 2.11 bits per heavy atom. The van der Waals surface area contributed by atoms with Gasteiger partial charge in [-0.25, -0.2) is 0 Å². The molecule has 1 aromatic carbocycles. The predicted molar refractivity (Wildman–Crippen MR) is 74.3 cm³/mol. The summed E-state index contributed by atoms with van der Waals surface area (Å²) in [6.45, 7) is 1.88. The van der Waals surface area contributed by atoms with E-state index in [9.17, 15) is 4.79 Å². The van der Waals surface area contributed by atoms with Crippen molar-refractivity contribution in [3.8, 4) is 5.75 Å². The average Bonchev–Trinajstić information content (AvgIpc) is 2.41. The second-order valence-corrected chi connectivity index (χ2v) is 4.16. The predicted octanol–water partition coefficient (Wildman–Crippen LogP) is 2.23. The maximum Gasteiger partial charge on any atom is 0.257 e. The number of rotatable bonds is 3. The van der Waals surface area contributed by atoms with Crippen molar-refractivity contribution in [2.75, 3.05) is 18.2 Å². The number of anilines is 2. The zero-order valence-electron chi connectivity index (χ0n) is 10.8. The number of hydrogen-bond donors (Lipinski definition) is 2. The van der Waals surface area contributed by atoms with Crippen molar-refractivity contribution in [2.24, 2.45) is 0 Å². The molecule has 3 N–H and O–H groups in total. The van der Waals surface area contributed by atoms with Gasteiger partial charge in [-0.05, 0) is 30.7 Å². The molecule has 0 spiro atoms. The molecule has 0 saturated carbocycles. The molecular weight excluding hydrogens is 242 g/mol. The first-order valence-electron chi connectivity index (χ1n) is 5.76. The number of pyridine rings is 1. The fraction of sp³-hybridized carbons (Fsp3) is 0.143. The standard InChI is InChI=1S/C14H15N3O2/c1-9-5-10(8-16-7-9)14(18)17-11-3-4-12(15)13(6-11)19-2/h3-8H,15H2,1-2H3,(H,17,18). The molecule has 0 bridgehead atoms. The number of aryl methyl sites for hydroxylation is 1. The van der Waals surface area contributed by atoms with Crippen LogP contribution in [-0.2, 0) is 0 Å². The number of amides is 1. The van der Waals surface area contributed by atoms with Crippen LogP contribution in [0.1, 0.15) is 15.9 Å². The number of carbonyl (C=O) groups is 1. The van der Waals surface area contributed by atoms with Gasteiger partial charge in [-0.2, -0.15) is 0 Å². The van der Waals surface area contributed by atoms with Crippen LogP contribution in [0.2, 0.25) is 0 Å².